The van der Waals surface area contributed by atoms with Gasteiger partial charge in [-0.2, -0.15) is 0 Å². The van der Waals surface area contributed by atoms with Gasteiger partial charge in [-0.25, -0.2) is 12.7 Å². The molecule has 0 spiro atoms. The van der Waals surface area contributed by atoms with Gasteiger partial charge in [0.25, 0.3) is 5.91 Å². The summed E-state index contributed by atoms with van der Waals surface area (Å²) in [5.41, 5.74) is 0.791. The maximum Gasteiger partial charge on any atom is 0.253 e. The second-order valence-electron chi connectivity index (χ2n) is 6.94. The minimum Gasteiger partial charge on any atom is -0.385 e. The molecule has 0 heterocycles. The molecule has 9 heteroatoms. The van der Waals surface area contributed by atoms with Gasteiger partial charge in [-0.15, -0.1) is 0 Å². The van der Waals surface area contributed by atoms with Gasteiger partial charge < -0.3 is 15.4 Å². The number of anilines is 1. The highest BCUT2D eigenvalue weighted by atomic mass is 32.2. The summed E-state index contributed by atoms with van der Waals surface area (Å²) in [6, 6.07) is 14.9. The van der Waals surface area contributed by atoms with Crippen LogP contribution in [0.25, 0.3) is 0 Å². The van der Waals surface area contributed by atoms with E-state index in [1.54, 1.807) is 49.6 Å². The van der Waals surface area contributed by atoms with Gasteiger partial charge in [-0.05, 0) is 37.1 Å². The minimum absolute atomic E-state index is 0.123. The second-order valence-corrected chi connectivity index (χ2v) is 8.98. The van der Waals surface area contributed by atoms with E-state index in [4.69, 9.17) is 4.74 Å². The lowest BCUT2D eigenvalue weighted by atomic mass is 10.1. The number of carbonyl (C=O) groups is 2. The molecule has 8 nitrogen and oxygen atoms in total. The number of hydrogen-bond donors (Lipinski definition) is 2. The van der Waals surface area contributed by atoms with E-state index in [-0.39, 0.29) is 29.7 Å². The van der Waals surface area contributed by atoms with Gasteiger partial charge in [0.2, 0.25) is 15.9 Å². The standard InChI is InChI=1S/C22H29N3O5S/c1-25(31(28,29)18-10-4-3-5-11-18)16-8-14-21(26)24-20-13-7-6-12-19(20)22(27)23-15-9-17-30-2/h3-7,10-13H,8-9,14-17H2,1-2H3,(H,23,27)(H,24,26). The fourth-order valence-electron chi connectivity index (χ4n) is 2.87. The van der Waals surface area contributed by atoms with Crippen molar-refractivity contribution in [3.8, 4) is 0 Å². The second kappa shape index (κ2) is 12.2. The van der Waals surface area contributed by atoms with Crippen molar-refractivity contribution in [3.05, 3.63) is 60.2 Å². The van der Waals surface area contributed by atoms with Crippen molar-refractivity contribution < 1.29 is 22.7 Å². The molecule has 0 unspecified atom stereocenters. The zero-order valence-electron chi connectivity index (χ0n) is 17.8. The Balaban J connectivity index is 1.87. The predicted octanol–water partition coefficient (Wildman–Crippen LogP) is 2.49. The van der Waals surface area contributed by atoms with Crippen LogP contribution in [0, 0.1) is 0 Å². The van der Waals surface area contributed by atoms with Crippen LogP contribution >= 0.6 is 0 Å². The Morgan fingerprint density at radius 1 is 1.00 bits per heavy atom. The van der Waals surface area contributed by atoms with Crippen molar-refractivity contribution in [1.29, 1.82) is 0 Å². The van der Waals surface area contributed by atoms with Crippen molar-refractivity contribution in [2.45, 2.75) is 24.2 Å². The molecule has 0 radical (unpaired) electrons. The third-order valence-corrected chi connectivity index (χ3v) is 6.46. The number of methoxy groups -OCH3 is 1. The van der Waals surface area contributed by atoms with Crippen molar-refractivity contribution in [3.63, 3.8) is 0 Å². The SMILES string of the molecule is COCCCNC(=O)c1ccccc1NC(=O)CCCN(C)S(=O)(=O)c1ccccc1. The summed E-state index contributed by atoms with van der Waals surface area (Å²) in [4.78, 5) is 25.0. The van der Waals surface area contributed by atoms with Crippen LogP contribution in [-0.4, -0.2) is 58.4 Å². The van der Waals surface area contributed by atoms with Gasteiger partial charge in [0, 0.05) is 40.3 Å². The van der Waals surface area contributed by atoms with Gasteiger partial charge in [-0.3, -0.25) is 9.59 Å². The summed E-state index contributed by atoms with van der Waals surface area (Å²) in [6.45, 7) is 1.22. The lowest BCUT2D eigenvalue weighted by Crippen LogP contribution is -2.29. The number of nitrogens with one attached hydrogen (secondary N) is 2. The van der Waals surface area contributed by atoms with E-state index in [0.29, 0.717) is 37.2 Å². The van der Waals surface area contributed by atoms with Crippen LogP contribution in [-0.2, 0) is 19.6 Å². The number of hydrogen-bond acceptors (Lipinski definition) is 5. The third-order valence-electron chi connectivity index (χ3n) is 4.58. The molecule has 0 aliphatic heterocycles. The maximum atomic E-state index is 12.5. The van der Waals surface area contributed by atoms with Crippen molar-refractivity contribution in [2.75, 3.05) is 39.2 Å². The number of ether oxygens (including phenoxy) is 1. The Labute approximate surface area is 183 Å². The van der Waals surface area contributed by atoms with Gasteiger partial charge in [0.1, 0.15) is 0 Å². The molecule has 0 saturated carbocycles. The van der Waals surface area contributed by atoms with E-state index < -0.39 is 10.0 Å². The average molecular weight is 448 g/mol. The van der Waals surface area contributed by atoms with E-state index in [9.17, 15) is 18.0 Å². The molecule has 0 atom stereocenters. The molecule has 2 N–H and O–H groups in total. The molecule has 0 aliphatic carbocycles. The van der Waals surface area contributed by atoms with E-state index in [1.165, 1.54) is 23.5 Å². The minimum atomic E-state index is -3.59. The zero-order chi connectivity index (χ0) is 22.7. The lowest BCUT2D eigenvalue weighted by Gasteiger charge is -2.17. The van der Waals surface area contributed by atoms with Crippen LogP contribution in [0.3, 0.4) is 0 Å². The van der Waals surface area contributed by atoms with Gasteiger partial charge in [0.15, 0.2) is 0 Å². The van der Waals surface area contributed by atoms with Crippen molar-refractivity contribution in [2.24, 2.45) is 0 Å². The Morgan fingerprint density at radius 3 is 2.39 bits per heavy atom. The van der Waals surface area contributed by atoms with E-state index in [1.807, 2.05) is 0 Å². The monoisotopic (exact) mass is 447 g/mol. The van der Waals surface area contributed by atoms with E-state index >= 15 is 0 Å². The fraction of sp³-hybridized carbons (Fsp3) is 0.364. The number of rotatable bonds is 12. The zero-order valence-corrected chi connectivity index (χ0v) is 18.7. The Bertz CT molecular complexity index is 964. The van der Waals surface area contributed by atoms with Crippen LogP contribution < -0.4 is 10.6 Å². The number of carbonyl (C=O) groups excluding carboxylic acids is 2. The van der Waals surface area contributed by atoms with Gasteiger partial charge in [-0.1, -0.05) is 30.3 Å². The molecule has 0 bridgehead atoms. The van der Waals surface area contributed by atoms with Gasteiger partial charge >= 0.3 is 0 Å². The fourth-order valence-corrected chi connectivity index (χ4v) is 4.10. The third kappa shape index (κ3) is 7.46. The highest BCUT2D eigenvalue weighted by Crippen LogP contribution is 2.17. The van der Waals surface area contributed by atoms with Crippen LogP contribution in [0.4, 0.5) is 5.69 Å². The summed E-state index contributed by atoms with van der Waals surface area (Å²) in [5.74, 6) is -0.564. The number of para-hydroxylation sites is 1. The Kier molecular flexibility index (Phi) is 9.64. The topological polar surface area (TPSA) is 105 Å². The van der Waals surface area contributed by atoms with Gasteiger partial charge in [0.05, 0.1) is 16.1 Å². The molecule has 2 rings (SSSR count). The molecule has 2 amide bonds. The number of benzene rings is 2. The molecule has 168 valence electrons. The Hall–Kier alpha value is -2.75. The molecular formula is C22H29N3O5S. The molecule has 0 fully saturated rings. The largest absolute Gasteiger partial charge is 0.385 e. The summed E-state index contributed by atoms with van der Waals surface area (Å²) < 4.78 is 31.2. The molecule has 31 heavy (non-hydrogen) atoms. The first-order valence-electron chi connectivity index (χ1n) is 10.0. The maximum absolute atomic E-state index is 12.5. The molecule has 2 aromatic rings. The van der Waals surface area contributed by atoms with E-state index in [2.05, 4.69) is 10.6 Å². The van der Waals surface area contributed by atoms with Crippen LogP contribution in [0.15, 0.2) is 59.5 Å². The first-order chi connectivity index (χ1) is 14.9. The normalized spacial score (nSPS) is 11.3. The number of nitrogens with zero attached hydrogens (tertiary/aromatic N) is 1. The van der Waals surface area contributed by atoms with Crippen molar-refractivity contribution in [1.82, 2.24) is 9.62 Å². The van der Waals surface area contributed by atoms with Crippen LogP contribution in [0.1, 0.15) is 29.6 Å². The summed E-state index contributed by atoms with van der Waals surface area (Å²) in [5, 5.41) is 5.54. The Morgan fingerprint density at radius 2 is 1.68 bits per heavy atom. The lowest BCUT2D eigenvalue weighted by molar-refractivity contribution is -0.116. The first kappa shape index (κ1) is 24.5. The summed E-state index contributed by atoms with van der Waals surface area (Å²) in [7, 11) is -0.499. The number of sulfonamides is 1. The molecule has 0 aromatic heterocycles. The highest BCUT2D eigenvalue weighted by Gasteiger charge is 2.20. The molecule has 0 saturated heterocycles. The molecule has 2 aromatic carbocycles. The smallest absolute Gasteiger partial charge is 0.253 e. The molecular weight excluding hydrogens is 418 g/mol. The first-order valence-corrected chi connectivity index (χ1v) is 11.5. The van der Waals surface area contributed by atoms with Crippen LogP contribution in [0.2, 0.25) is 0 Å². The quantitative estimate of drug-likeness (QED) is 0.487. The number of amides is 2. The van der Waals surface area contributed by atoms with E-state index in [0.717, 1.165) is 0 Å². The highest BCUT2D eigenvalue weighted by molar-refractivity contribution is 7.89. The summed E-state index contributed by atoms with van der Waals surface area (Å²) >= 11 is 0. The van der Waals surface area contributed by atoms with Crippen molar-refractivity contribution >= 4 is 27.5 Å². The summed E-state index contributed by atoms with van der Waals surface area (Å²) in [6.07, 6.45) is 1.16. The molecule has 0 aliphatic rings. The average Bonchev–Trinajstić information content (AvgIpc) is 2.77. The predicted molar refractivity (Wildman–Crippen MR) is 119 cm³/mol. The van der Waals surface area contributed by atoms with Crippen LogP contribution in [0.5, 0.6) is 0 Å².